The van der Waals surface area contributed by atoms with E-state index in [1.54, 1.807) is 6.07 Å². The van der Waals surface area contributed by atoms with Gasteiger partial charge in [0.05, 0.1) is 16.2 Å². The van der Waals surface area contributed by atoms with Gasteiger partial charge in [-0.2, -0.15) is 0 Å². The highest BCUT2D eigenvalue weighted by molar-refractivity contribution is 7.89. The third-order valence-electron chi connectivity index (χ3n) is 4.78. The maximum Gasteiger partial charge on any atom is 0.276 e. The molecule has 0 saturated carbocycles. The van der Waals surface area contributed by atoms with E-state index in [0.717, 1.165) is 25.7 Å². The minimum Gasteiger partial charge on any atom is -0.326 e. The number of aryl methyl sites for hydroxylation is 2. The number of amides is 2. The van der Waals surface area contributed by atoms with Crippen molar-refractivity contribution in [2.45, 2.75) is 43.4 Å². The Morgan fingerprint density at radius 3 is 2.74 bits per heavy atom. The van der Waals surface area contributed by atoms with E-state index in [9.17, 15) is 18.0 Å². The smallest absolute Gasteiger partial charge is 0.276 e. The van der Waals surface area contributed by atoms with Crippen LogP contribution in [0.15, 0.2) is 29.2 Å². The number of fused-ring (bicyclic) bond motifs is 2. The Balaban J connectivity index is 1.45. The fourth-order valence-corrected chi connectivity index (χ4v) is 5.42. The topological polar surface area (TPSA) is 104 Å². The molecule has 0 unspecified atom stereocenters. The van der Waals surface area contributed by atoms with E-state index in [4.69, 9.17) is 0 Å². The summed E-state index contributed by atoms with van der Waals surface area (Å²) in [6.45, 7) is 0. The number of hydrazine groups is 1. The highest BCUT2D eigenvalue weighted by atomic mass is 32.2. The summed E-state index contributed by atoms with van der Waals surface area (Å²) >= 11 is 1.43. The van der Waals surface area contributed by atoms with E-state index in [1.165, 1.54) is 40.3 Å². The van der Waals surface area contributed by atoms with Crippen molar-refractivity contribution >= 4 is 38.9 Å². The number of carbonyl (C=O) groups is 2. The maximum absolute atomic E-state index is 12.5. The minimum absolute atomic E-state index is 0.0000108. The molecule has 0 radical (unpaired) electrons. The van der Waals surface area contributed by atoms with Crippen LogP contribution in [0.1, 0.15) is 44.9 Å². The molecule has 1 aromatic heterocycles. The molecule has 7 nitrogen and oxygen atoms in total. The lowest BCUT2D eigenvalue weighted by atomic mass is 10.1. The molecule has 142 valence electrons. The summed E-state index contributed by atoms with van der Waals surface area (Å²) in [6.07, 6.45) is 5.52. The first-order valence-corrected chi connectivity index (χ1v) is 11.1. The molecule has 1 aliphatic carbocycles. The van der Waals surface area contributed by atoms with E-state index < -0.39 is 15.9 Å². The third-order valence-corrected chi connectivity index (χ3v) is 7.26. The van der Waals surface area contributed by atoms with E-state index in [0.29, 0.717) is 16.1 Å². The largest absolute Gasteiger partial charge is 0.326 e. The van der Waals surface area contributed by atoms with Crippen LogP contribution in [0.3, 0.4) is 0 Å². The zero-order valence-corrected chi connectivity index (χ0v) is 16.1. The summed E-state index contributed by atoms with van der Waals surface area (Å²) in [5.74, 6) is -0.632. The van der Waals surface area contributed by atoms with Crippen LogP contribution in [-0.2, 0) is 34.1 Å². The minimum atomic E-state index is -3.93. The van der Waals surface area contributed by atoms with Gasteiger partial charge < -0.3 is 5.32 Å². The molecule has 2 aliphatic rings. The average molecular weight is 406 g/mol. The van der Waals surface area contributed by atoms with Crippen molar-refractivity contribution in [3.63, 3.8) is 0 Å². The van der Waals surface area contributed by atoms with Gasteiger partial charge in [0, 0.05) is 10.6 Å². The van der Waals surface area contributed by atoms with E-state index in [2.05, 4.69) is 15.6 Å². The van der Waals surface area contributed by atoms with Gasteiger partial charge in [0.15, 0.2) is 0 Å². The summed E-state index contributed by atoms with van der Waals surface area (Å²) in [7, 11) is -3.93. The maximum atomic E-state index is 12.5. The number of hydrogen-bond donors (Lipinski definition) is 3. The summed E-state index contributed by atoms with van der Waals surface area (Å²) in [5.41, 5.74) is 4.72. The van der Waals surface area contributed by atoms with Crippen molar-refractivity contribution in [2.24, 2.45) is 0 Å². The number of nitrogens with one attached hydrogen (secondary N) is 3. The van der Waals surface area contributed by atoms with Gasteiger partial charge in [-0.3, -0.25) is 15.0 Å². The lowest BCUT2D eigenvalue weighted by Gasteiger charge is -2.09. The molecule has 0 saturated heterocycles. The fourth-order valence-electron chi connectivity index (χ4n) is 3.39. The molecule has 1 aromatic carbocycles. The Bertz CT molecular complexity index is 1000. The second-order valence-electron chi connectivity index (χ2n) is 6.72. The quantitative estimate of drug-likeness (QED) is 0.535. The molecule has 1 aliphatic heterocycles. The molecule has 2 aromatic rings. The Hall–Kier alpha value is -2.23. The normalized spacial score (nSPS) is 16.2. The zero-order valence-electron chi connectivity index (χ0n) is 14.5. The summed E-state index contributed by atoms with van der Waals surface area (Å²) < 4.78 is 24.9. The van der Waals surface area contributed by atoms with Gasteiger partial charge in [0.2, 0.25) is 5.91 Å². The van der Waals surface area contributed by atoms with Crippen molar-refractivity contribution in [2.75, 3.05) is 5.32 Å². The van der Waals surface area contributed by atoms with Crippen LogP contribution in [-0.4, -0.2) is 20.2 Å². The Morgan fingerprint density at radius 2 is 1.89 bits per heavy atom. The predicted octanol–water partition coefficient (Wildman–Crippen LogP) is 2.13. The second-order valence-corrected chi connectivity index (χ2v) is 9.54. The van der Waals surface area contributed by atoms with E-state index in [1.807, 2.05) is 6.07 Å². The summed E-state index contributed by atoms with van der Waals surface area (Å²) in [5, 5.41) is 2.65. The molecular weight excluding hydrogens is 386 g/mol. The lowest BCUT2D eigenvalue weighted by Crippen LogP contribution is -2.41. The fraction of sp³-hybridized carbons (Fsp3) is 0.333. The van der Waals surface area contributed by atoms with Crippen LogP contribution in [0.5, 0.6) is 0 Å². The first-order chi connectivity index (χ1) is 12.9. The highest BCUT2D eigenvalue weighted by Crippen LogP contribution is 2.29. The molecule has 0 spiro atoms. The molecule has 4 rings (SSSR count). The predicted molar refractivity (Wildman–Crippen MR) is 102 cm³/mol. The van der Waals surface area contributed by atoms with Gasteiger partial charge in [0.1, 0.15) is 0 Å². The van der Waals surface area contributed by atoms with Crippen molar-refractivity contribution < 1.29 is 18.0 Å². The number of benzene rings is 1. The number of rotatable bonds is 4. The molecule has 0 atom stereocenters. The molecule has 0 fully saturated rings. The van der Waals surface area contributed by atoms with Crippen LogP contribution in [0, 0.1) is 0 Å². The Morgan fingerprint density at radius 1 is 1.07 bits per heavy atom. The first-order valence-electron chi connectivity index (χ1n) is 8.79. The van der Waals surface area contributed by atoms with E-state index >= 15 is 0 Å². The lowest BCUT2D eigenvalue weighted by molar-refractivity contribution is -0.115. The zero-order chi connectivity index (χ0) is 19.0. The summed E-state index contributed by atoms with van der Waals surface area (Å²) in [4.78, 5) is 27.6. The average Bonchev–Trinajstić information content (AvgIpc) is 3.14. The van der Waals surface area contributed by atoms with Crippen LogP contribution in [0.2, 0.25) is 0 Å². The molecule has 2 heterocycles. The number of sulfonamides is 1. The van der Waals surface area contributed by atoms with Gasteiger partial charge in [-0.15, -0.1) is 16.2 Å². The van der Waals surface area contributed by atoms with Gasteiger partial charge in [-0.25, -0.2) is 8.42 Å². The van der Waals surface area contributed by atoms with Gasteiger partial charge in [0.25, 0.3) is 15.9 Å². The second kappa shape index (κ2) is 7.06. The van der Waals surface area contributed by atoms with Gasteiger partial charge in [-0.1, -0.05) is 6.42 Å². The van der Waals surface area contributed by atoms with Gasteiger partial charge in [-0.05, 0) is 61.1 Å². The van der Waals surface area contributed by atoms with Crippen molar-refractivity contribution in [1.29, 1.82) is 0 Å². The SMILES string of the molecule is O=C1Cc2cc(S(=O)(=O)NNC(=O)c3cc4c(s3)CCCCC4)ccc2N1. The molecule has 0 bridgehead atoms. The number of anilines is 1. The molecule has 3 N–H and O–H groups in total. The van der Waals surface area contributed by atoms with Crippen LogP contribution < -0.4 is 15.6 Å². The number of hydrogen-bond acceptors (Lipinski definition) is 5. The molecular formula is C18H19N3O4S2. The first kappa shape index (κ1) is 18.1. The van der Waals surface area contributed by atoms with Crippen LogP contribution in [0.25, 0.3) is 0 Å². The van der Waals surface area contributed by atoms with E-state index in [-0.39, 0.29) is 17.2 Å². The number of carbonyl (C=O) groups excluding carboxylic acids is 2. The molecule has 27 heavy (non-hydrogen) atoms. The standard InChI is InChI=1S/C18H19N3O4S2/c22-17-10-12-8-13(6-7-14(12)19-17)27(24,25)21-20-18(23)16-9-11-4-2-1-3-5-15(11)26-16/h6-9,21H,1-5,10H2,(H,19,22)(H,20,23). The van der Waals surface area contributed by atoms with Crippen LogP contribution >= 0.6 is 11.3 Å². The Kier molecular flexibility index (Phi) is 4.75. The Labute approximate surface area is 161 Å². The third kappa shape index (κ3) is 3.76. The highest BCUT2D eigenvalue weighted by Gasteiger charge is 2.23. The molecule has 2 amide bonds. The monoisotopic (exact) mass is 405 g/mol. The van der Waals surface area contributed by atoms with Crippen molar-refractivity contribution in [1.82, 2.24) is 10.3 Å². The van der Waals surface area contributed by atoms with Crippen LogP contribution in [0.4, 0.5) is 5.69 Å². The number of thiophene rings is 1. The molecule has 9 heteroatoms. The van der Waals surface area contributed by atoms with Gasteiger partial charge >= 0.3 is 0 Å². The van der Waals surface area contributed by atoms with Crippen molar-refractivity contribution in [3.8, 4) is 0 Å². The van der Waals surface area contributed by atoms with Crippen molar-refractivity contribution in [3.05, 3.63) is 45.1 Å². The summed E-state index contributed by atoms with van der Waals surface area (Å²) in [6, 6.07) is 6.25.